The molecule has 0 aliphatic rings. The van der Waals surface area contributed by atoms with Gasteiger partial charge in [-0.3, -0.25) is 14.9 Å². The highest BCUT2D eigenvalue weighted by Gasteiger charge is 2.13. The third kappa shape index (κ3) is 3.99. The molecule has 0 saturated carbocycles. The maximum Gasteiger partial charge on any atom is 0.291 e. The molecule has 0 saturated heterocycles. The van der Waals surface area contributed by atoms with Gasteiger partial charge in [0.1, 0.15) is 21.8 Å². The number of fused-ring (bicyclic) bond motifs is 1. The minimum atomic E-state index is -0.459. The number of furan rings is 1. The Bertz CT molecular complexity index is 1580. The van der Waals surface area contributed by atoms with Crippen molar-refractivity contribution in [2.24, 2.45) is 0 Å². The molecule has 10 heteroatoms. The molecule has 33 heavy (non-hydrogen) atoms. The minimum Gasteiger partial charge on any atom is -0.494 e. The van der Waals surface area contributed by atoms with Crippen LogP contribution in [0.5, 0.6) is 5.75 Å². The topological polar surface area (TPSA) is 113 Å². The quantitative estimate of drug-likeness (QED) is 0.279. The van der Waals surface area contributed by atoms with Crippen LogP contribution in [0.1, 0.15) is 12.7 Å². The Morgan fingerprint density at radius 3 is 2.70 bits per heavy atom. The van der Waals surface area contributed by atoms with E-state index in [1.54, 1.807) is 30.3 Å². The lowest BCUT2D eigenvalue weighted by molar-refractivity contribution is -0.384. The number of non-ortho nitro benzene ring substituents is 1. The summed E-state index contributed by atoms with van der Waals surface area (Å²) in [5, 5.41) is 15.3. The first-order valence-corrected chi connectivity index (χ1v) is 10.8. The predicted molar refractivity (Wildman–Crippen MR) is 123 cm³/mol. The third-order valence-electron chi connectivity index (χ3n) is 4.85. The SMILES string of the molecule is CCOc1ccc(-c2nc3s/c(=C\c4ccc(-c5cccc([N+](=O)[O-])c5)o4)c(=O)n3n2)cc1. The van der Waals surface area contributed by atoms with Gasteiger partial charge >= 0.3 is 0 Å². The van der Waals surface area contributed by atoms with Gasteiger partial charge in [0.25, 0.3) is 11.2 Å². The summed E-state index contributed by atoms with van der Waals surface area (Å²) in [5.74, 6) is 2.13. The van der Waals surface area contributed by atoms with Crippen molar-refractivity contribution < 1.29 is 14.1 Å². The highest BCUT2D eigenvalue weighted by atomic mass is 32.1. The Morgan fingerprint density at radius 1 is 1.15 bits per heavy atom. The van der Waals surface area contributed by atoms with E-state index < -0.39 is 4.92 Å². The molecule has 9 nitrogen and oxygen atoms in total. The monoisotopic (exact) mass is 460 g/mol. The maximum absolute atomic E-state index is 12.8. The number of thiazole rings is 1. The number of benzene rings is 2. The van der Waals surface area contributed by atoms with Crippen LogP contribution < -0.4 is 14.8 Å². The van der Waals surface area contributed by atoms with Crippen molar-refractivity contribution >= 4 is 28.1 Å². The Kier molecular flexibility index (Phi) is 5.19. The summed E-state index contributed by atoms with van der Waals surface area (Å²) >= 11 is 1.20. The van der Waals surface area contributed by atoms with E-state index in [-0.39, 0.29) is 11.2 Å². The van der Waals surface area contributed by atoms with Crippen LogP contribution >= 0.6 is 11.3 Å². The van der Waals surface area contributed by atoms with Crippen LogP contribution in [-0.4, -0.2) is 26.1 Å². The van der Waals surface area contributed by atoms with Gasteiger partial charge in [-0.2, -0.15) is 9.50 Å². The highest BCUT2D eigenvalue weighted by Crippen LogP contribution is 2.26. The molecule has 0 aliphatic heterocycles. The zero-order valence-electron chi connectivity index (χ0n) is 17.3. The highest BCUT2D eigenvalue weighted by molar-refractivity contribution is 7.15. The van der Waals surface area contributed by atoms with Crippen molar-refractivity contribution in [3.8, 4) is 28.5 Å². The summed E-state index contributed by atoms with van der Waals surface area (Å²) in [6.45, 7) is 2.50. The number of nitro benzene ring substituents is 1. The lowest BCUT2D eigenvalue weighted by Crippen LogP contribution is -2.23. The Hall–Kier alpha value is -4.31. The molecular formula is C23H16N4O5S. The van der Waals surface area contributed by atoms with E-state index in [1.807, 2.05) is 31.2 Å². The number of hydrogen-bond donors (Lipinski definition) is 0. The average Bonchev–Trinajstić information content (AvgIpc) is 3.52. The average molecular weight is 460 g/mol. The predicted octanol–water partition coefficient (Wildman–Crippen LogP) is 3.93. The minimum absolute atomic E-state index is 0.0230. The molecule has 0 bridgehead atoms. The lowest BCUT2D eigenvalue weighted by Gasteiger charge is -2.02. The summed E-state index contributed by atoms with van der Waals surface area (Å²) in [5.41, 5.74) is 1.04. The van der Waals surface area contributed by atoms with Gasteiger partial charge in [-0.25, -0.2) is 0 Å². The molecule has 2 aromatic carbocycles. The fourth-order valence-electron chi connectivity index (χ4n) is 3.31. The molecule has 164 valence electrons. The summed E-state index contributed by atoms with van der Waals surface area (Å²) < 4.78 is 12.9. The molecule has 0 spiro atoms. The second kappa shape index (κ2) is 8.32. The lowest BCUT2D eigenvalue weighted by atomic mass is 10.1. The van der Waals surface area contributed by atoms with Gasteiger partial charge in [0.05, 0.1) is 11.5 Å². The van der Waals surface area contributed by atoms with Gasteiger partial charge in [0, 0.05) is 29.3 Å². The molecule has 0 aliphatic carbocycles. The molecule has 0 unspecified atom stereocenters. The van der Waals surface area contributed by atoms with Crippen LogP contribution in [0.25, 0.3) is 33.7 Å². The van der Waals surface area contributed by atoms with E-state index in [1.165, 1.54) is 28.0 Å². The van der Waals surface area contributed by atoms with E-state index in [0.717, 1.165) is 11.3 Å². The normalized spacial score (nSPS) is 11.8. The Labute approximate surface area is 190 Å². The molecular weight excluding hydrogens is 444 g/mol. The molecule has 0 radical (unpaired) electrons. The van der Waals surface area contributed by atoms with E-state index in [9.17, 15) is 14.9 Å². The van der Waals surface area contributed by atoms with Crippen molar-refractivity contribution in [2.45, 2.75) is 6.92 Å². The zero-order valence-corrected chi connectivity index (χ0v) is 18.1. The molecule has 0 atom stereocenters. The smallest absolute Gasteiger partial charge is 0.291 e. The first kappa shape index (κ1) is 20.6. The van der Waals surface area contributed by atoms with Crippen LogP contribution in [0.15, 0.2) is 69.9 Å². The van der Waals surface area contributed by atoms with Gasteiger partial charge < -0.3 is 9.15 Å². The van der Waals surface area contributed by atoms with E-state index in [4.69, 9.17) is 9.15 Å². The van der Waals surface area contributed by atoms with Crippen LogP contribution in [0.2, 0.25) is 0 Å². The molecule has 0 N–H and O–H groups in total. The van der Waals surface area contributed by atoms with E-state index >= 15 is 0 Å². The summed E-state index contributed by atoms with van der Waals surface area (Å²) in [6, 6.07) is 16.9. The van der Waals surface area contributed by atoms with Gasteiger partial charge in [-0.1, -0.05) is 23.5 Å². The fourth-order valence-corrected chi connectivity index (χ4v) is 4.20. The van der Waals surface area contributed by atoms with E-state index in [2.05, 4.69) is 10.1 Å². The van der Waals surface area contributed by atoms with Crippen LogP contribution in [-0.2, 0) is 0 Å². The van der Waals surface area contributed by atoms with Gasteiger partial charge in [0.2, 0.25) is 4.96 Å². The number of nitrogens with zero attached hydrogens (tertiary/aromatic N) is 4. The largest absolute Gasteiger partial charge is 0.494 e. The van der Waals surface area contributed by atoms with Crippen molar-refractivity contribution in [1.29, 1.82) is 0 Å². The van der Waals surface area contributed by atoms with Crippen molar-refractivity contribution in [3.63, 3.8) is 0 Å². The second-order valence-corrected chi connectivity index (χ2v) is 8.02. The molecule has 5 rings (SSSR count). The third-order valence-corrected chi connectivity index (χ3v) is 5.81. The molecule has 3 aromatic heterocycles. The summed E-state index contributed by atoms with van der Waals surface area (Å²) in [7, 11) is 0. The van der Waals surface area contributed by atoms with Gasteiger partial charge in [-0.05, 0) is 43.3 Å². The van der Waals surface area contributed by atoms with Crippen LogP contribution in [0.4, 0.5) is 5.69 Å². The number of aromatic nitrogens is 3. The number of nitro groups is 1. The zero-order chi connectivity index (χ0) is 22.9. The number of rotatable bonds is 6. The van der Waals surface area contributed by atoms with Crippen LogP contribution in [0, 0.1) is 10.1 Å². The fraction of sp³-hybridized carbons (Fsp3) is 0.0870. The molecule has 0 amide bonds. The van der Waals surface area contributed by atoms with Crippen molar-refractivity contribution in [2.75, 3.05) is 6.61 Å². The number of hydrogen-bond acceptors (Lipinski definition) is 8. The summed E-state index contributed by atoms with van der Waals surface area (Å²) in [4.78, 5) is 28.3. The first-order valence-electron chi connectivity index (χ1n) is 10.0. The van der Waals surface area contributed by atoms with Crippen molar-refractivity contribution in [3.05, 3.63) is 91.4 Å². The number of ether oxygens (including phenoxy) is 1. The molecule has 0 fully saturated rings. The van der Waals surface area contributed by atoms with E-state index in [0.29, 0.717) is 39.0 Å². The van der Waals surface area contributed by atoms with Gasteiger partial charge in [-0.15, -0.1) is 5.10 Å². The Balaban J connectivity index is 1.45. The molecule has 5 aromatic rings. The standard InChI is InChI=1S/C23H16N4O5S/c1-2-31-17-8-6-14(7-9-17)21-24-23-26(25-21)22(28)20(33-23)13-18-10-11-19(32-18)15-4-3-5-16(12-15)27(29)30/h3-13H,2H2,1H3/b20-13-. The first-order chi connectivity index (χ1) is 16.0. The molecule has 3 heterocycles. The van der Waals surface area contributed by atoms with Crippen LogP contribution in [0.3, 0.4) is 0 Å². The van der Waals surface area contributed by atoms with Crippen molar-refractivity contribution in [1.82, 2.24) is 14.6 Å². The van der Waals surface area contributed by atoms with Gasteiger partial charge in [0.15, 0.2) is 5.82 Å². The second-order valence-electron chi connectivity index (χ2n) is 7.01. The maximum atomic E-state index is 12.8. The summed E-state index contributed by atoms with van der Waals surface area (Å²) in [6.07, 6.45) is 1.61. The Morgan fingerprint density at radius 2 is 1.97 bits per heavy atom.